The number of aryl methyl sites for hydroxylation is 1. The number of rotatable bonds is 6. The van der Waals surface area contributed by atoms with Crippen LogP contribution in [0.4, 0.5) is 0 Å². The molecule has 0 aliphatic carbocycles. The minimum atomic E-state index is -1.12. The minimum absolute atomic E-state index is 0.0972. The van der Waals surface area contributed by atoms with E-state index in [4.69, 9.17) is 0 Å². The summed E-state index contributed by atoms with van der Waals surface area (Å²) in [5.41, 5.74) is 0.734. The van der Waals surface area contributed by atoms with Crippen molar-refractivity contribution in [2.75, 3.05) is 13.1 Å². The van der Waals surface area contributed by atoms with E-state index in [0.29, 0.717) is 38.0 Å². The van der Waals surface area contributed by atoms with Gasteiger partial charge in [0.2, 0.25) is 5.91 Å². The number of amides is 1. The molecule has 1 aliphatic rings. The van der Waals surface area contributed by atoms with Gasteiger partial charge >= 0.3 is 0 Å². The zero-order valence-corrected chi connectivity index (χ0v) is 19.3. The summed E-state index contributed by atoms with van der Waals surface area (Å²) in [5.74, 6) is 0.0972. The van der Waals surface area contributed by atoms with Crippen molar-refractivity contribution in [2.45, 2.75) is 45.3 Å². The van der Waals surface area contributed by atoms with Crippen LogP contribution >= 0.6 is 0 Å². The van der Waals surface area contributed by atoms with Gasteiger partial charge in [-0.1, -0.05) is 74.5 Å². The normalized spacial score (nSPS) is 19.9. The Bertz CT molecular complexity index is 1160. The highest BCUT2D eigenvalue weighted by atomic mass is 16.3. The van der Waals surface area contributed by atoms with Crippen LogP contribution in [0, 0.1) is 5.41 Å². The number of piperidine rings is 1. The van der Waals surface area contributed by atoms with Gasteiger partial charge in [0.15, 0.2) is 0 Å². The molecule has 3 aromatic rings. The fraction of sp³-hybridized carbons (Fsp3) is 0.370. The minimum Gasteiger partial charge on any atom is -0.387 e. The largest absolute Gasteiger partial charge is 0.387 e. The number of likely N-dealkylation sites (tertiary alicyclic amines) is 1. The maximum atomic E-state index is 12.8. The summed E-state index contributed by atoms with van der Waals surface area (Å²) < 4.78 is 1.47. The van der Waals surface area contributed by atoms with E-state index in [1.54, 1.807) is 0 Å². The molecule has 1 N–H and O–H groups in total. The Kier molecular flexibility index (Phi) is 6.47. The zero-order valence-electron chi connectivity index (χ0n) is 19.3. The van der Waals surface area contributed by atoms with Crippen molar-refractivity contribution in [2.24, 2.45) is 5.41 Å². The number of nitrogens with zero attached hydrogens (tertiary/aromatic N) is 3. The number of carbonyl (C=O) groups excluding carboxylic acids is 1. The molecule has 0 saturated carbocycles. The lowest BCUT2D eigenvalue weighted by Crippen LogP contribution is -2.60. The molecule has 1 amide bonds. The van der Waals surface area contributed by atoms with Gasteiger partial charge in [-0.3, -0.25) is 14.2 Å². The number of carbonyl (C=O) groups is 1. The topological polar surface area (TPSA) is 75.4 Å². The predicted octanol–water partition coefficient (Wildman–Crippen LogP) is 3.53. The second-order valence-corrected chi connectivity index (χ2v) is 9.57. The Morgan fingerprint density at radius 2 is 1.73 bits per heavy atom. The SMILES string of the molecule is CC1(C)CN(C(=O)CCc2ccccc2)CCC1(O)Cn1cnc(-c2ccccc2)cc1=O. The van der Waals surface area contributed by atoms with Gasteiger partial charge in [-0.15, -0.1) is 0 Å². The number of aromatic nitrogens is 2. The van der Waals surface area contributed by atoms with Crippen LogP contribution in [0.1, 0.15) is 32.3 Å². The molecule has 1 saturated heterocycles. The highest BCUT2D eigenvalue weighted by Gasteiger charge is 2.48. The summed E-state index contributed by atoms with van der Waals surface area (Å²) in [6.07, 6.45) is 3.07. The Labute approximate surface area is 194 Å². The van der Waals surface area contributed by atoms with Gasteiger partial charge in [-0.05, 0) is 18.4 Å². The first kappa shape index (κ1) is 22.9. The number of aliphatic hydroxyl groups is 1. The van der Waals surface area contributed by atoms with Gasteiger partial charge in [-0.2, -0.15) is 0 Å². The Morgan fingerprint density at radius 1 is 1.06 bits per heavy atom. The third-order valence-electron chi connectivity index (χ3n) is 6.85. The van der Waals surface area contributed by atoms with Crippen LogP contribution in [0.15, 0.2) is 77.9 Å². The molecule has 1 fully saturated rings. The van der Waals surface area contributed by atoms with Crippen LogP contribution in [0.25, 0.3) is 11.3 Å². The van der Waals surface area contributed by atoms with Crippen LogP contribution in [0.3, 0.4) is 0 Å². The van der Waals surface area contributed by atoms with Crippen LogP contribution in [-0.4, -0.2) is 44.2 Å². The molecular formula is C27H31N3O3. The van der Waals surface area contributed by atoms with Crippen molar-refractivity contribution >= 4 is 5.91 Å². The summed E-state index contributed by atoms with van der Waals surface area (Å²) in [6.45, 7) is 4.98. The molecule has 1 unspecified atom stereocenters. The van der Waals surface area contributed by atoms with Gasteiger partial charge < -0.3 is 10.0 Å². The van der Waals surface area contributed by atoms with Crippen LogP contribution in [0.2, 0.25) is 0 Å². The summed E-state index contributed by atoms with van der Waals surface area (Å²) in [6, 6.07) is 21.0. The van der Waals surface area contributed by atoms with Crippen molar-refractivity contribution in [3.8, 4) is 11.3 Å². The first-order valence-electron chi connectivity index (χ1n) is 11.4. The first-order chi connectivity index (χ1) is 15.8. The second-order valence-electron chi connectivity index (χ2n) is 9.57. The third-order valence-corrected chi connectivity index (χ3v) is 6.85. The Morgan fingerprint density at radius 3 is 2.36 bits per heavy atom. The van der Waals surface area contributed by atoms with Gasteiger partial charge in [0.1, 0.15) is 0 Å². The molecular weight excluding hydrogens is 414 g/mol. The Hall–Kier alpha value is -3.25. The summed E-state index contributed by atoms with van der Waals surface area (Å²) in [5, 5.41) is 11.5. The average Bonchev–Trinajstić information content (AvgIpc) is 2.82. The zero-order chi connectivity index (χ0) is 23.5. The average molecular weight is 446 g/mol. The second kappa shape index (κ2) is 9.32. The molecule has 1 aliphatic heterocycles. The van der Waals surface area contributed by atoms with Crippen LogP contribution in [-0.2, 0) is 17.8 Å². The molecule has 6 nitrogen and oxygen atoms in total. The third kappa shape index (κ3) is 5.06. The molecule has 172 valence electrons. The standard InChI is InChI=1S/C27H31N3O3/c1-26(2)18-29(24(31)14-13-21-9-5-3-6-10-21)16-15-27(26,33)19-30-20-28-23(17-25(30)32)22-11-7-4-8-12-22/h3-12,17,20,33H,13-16,18-19H2,1-2H3. The van der Waals surface area contributed by atoms with Crippen LogP contribution in [0.5, 0.6) is 0 Å². The van der Waals surface area contributed by atoms with Crippen molar-refractivity contribution in [1.82, 2.24) is 14.5 Å². The predicted molar refractivity (Wildman–Crippen MR) is 129 cm³/mol. The van der Waals surface area contributed by atoms with E-state index in [9.17, 15) is 14.7 Å². The van der Waals surface area contributed by atoms with E-state index in [0.717, 1.165) is 11.1 Å². The lowest BCUT2D eigenvalue weighted by molar-refractivity contribution is -0.153. The monoisotopic (exact) mass is 445 g/mol. The van der Waals surface area contributed by atoms with E-state index in [1.807, 2.05) is 79.4 Å². The molecule has 0 spiro atoms. The summed E-state index contributed by atoms with van der Waals surface area (Å²) in [7, 11) is 0. The summed E-state index contributed by atoms with van der Waals surface area (Å²) in [4.78, 5) is 31.9. The molecule has 0 bridgehead atoms. The number of hydrogen-bond acceptors (Lipinski definition) is 4. The van der Waals surface area contributed by atoms with Gasteiger partial charge in [0, 0.05) is 36.6 Å². The molecule has 6 heteroatoms. The quantitative estimate of drug-likeness (QED) is 0.630. The van der Waals surface area contributed by atoms with Gasteiger partial charge in [0.05, 0.1) is 24.2 Å². The van der Waals surface area contributed by atoms with E-state index >= 15 is 0 Å². The smallest absolute Gasteiger partial charge is 0.253 e. The van der Waals surface area contributed by atoms with Crippen molar-refractivity contribution in [3.05, 3.63) is 89.0 Å². The lowest BCUT2D eigenvalue weighted by Gasteiger charge is -2.50. The fourth-order valence-electron chi connectivity index (χ4n) is 4.51. The fourth-order valence-corrected chi connectivity index (χ4v) is 4.51. The van der Waals surface area contributed by atoms with Crippen molar-refractivity contribution in [1.29, 1.82) is 0 Å². The summed E-state index contributed by atoms with van der Waals surface area (Å²) >= 11 is 0. The molecule has 2 aromatic carbocycles. The van der Waals surface area contributed by atoms with Crippen molar-refractivity contribution < 1.29 is 9.90 Å². The van der Waals surface area contributed by atoms with Gasteiger partial charge in [0.25, 0.3) is 5.56 Å². The maximum absolute atomic E-state index is 12.8. The highest BCUT2D eigenvalue weighted by Crippen LogP contribution is 2.40. The first-order valence-corrected chi connectivity index (χ1v) is 11.4. The van der Waals surface area contributed by atoms with Crippen LogP contribution < -0.4 is 5.56 Å². The Balaban J connectivity index is 1.43. The van der Waals surface area contributed by atoms with Crippen molar-refractivity contribution in [3.63, 3.8) is 0 Å². The molecule has 4 rings (SSSR count). The molecule has 0 radical (unpaired) electrons. The molecule has 1 atom stereocenters. The van der Waals surface area contributed by atoms with E-state index < -0.39 is 11.0 Å². The number of benzene rings is 2. The highest BCUT2D eigenvalue weighted by molar-refractivity contribution is 5.76. The van der Waals surface area contributed by atoms with E-state index in [-0.39, 0.29) is 18.0 Å². The molecule has 1 aromatic heterocycles. The lowest BCUT2D eigenvalue weighted by atomic mass is 9.69. The molecule has 2 heterocycles. The molecule has 33 heavy (non-hydrogen) atoms. The number of hydrogen-bond donors (Lipinski definition) is 1. The van der Waals surface area contributed by atoms with E-state index in [1.165, 1.54) is 17.0 Å². The van der Waals surface area contributed by atoms with E-state index in [2.05, 4.69) is 4.98 Å². The maximum Gasteiger partial charge on any atom is 0.253 e. The van der Waals surface area contributed by atoms with Gasteiger partial charge in [-0.25, -0.2) is 4.98 Å².